The summed E-state index contributed by atoms with van der Waals surface area (Å²) in [6.45, 7) is 15.6. The van der Waals surface area contributed by atoms with Crippen molar-refractivity contribution in [2.75, 3.05) is 0 Å². The first-order valence-electron chi connectivity index (χ1n) is 10.1. The normalized spacial score (nSPS) is 17.5. The second-order valence-corrected chi connectivity index (χ2v) is 9.84. The highest BCUT2D eigenvalue weighted by molar-refractivity contribution is 7.26. The fourth-order valence-electron chi connectivity index (χ4n) is 3.92. The molecule has 0 aliphatic carbocycles. The lowest BCUT2D eigenvalue weighted by Gasteiger charge is -2.32. The van der Waals surface area contributed by atoms with E-state index in [0.29, 0.717) is 5.69 Å². The average molecular weight is 411 g/mol. The highest BCUT2D eigenvalue weighted by Crippen LogP contribution is 2.41. The molecule has 2 heterocycles. The third kappa shape index (κ3) is 2.95. The van der Waals surface area contributed by atoms with Gasteiger partial charge in [-0.25, -0.2) is 4.85 Å². The number of nitrogens with zero attached hydrogens (tertiary/aromatic N) is 1. The first kappa shape index (κ1) is 19.3. The molecular weight excluding hydrogens is 389 g/mol. The van der Waals surface area contributed by atoms with Crippen molar-refractivity contribution < 1.29 is 9.31 Å². The Hall–Kier alpha value is -2.65. The van der Waals surface area contributed by atoms with E-state index < -0.39 is 0 Å². The number of rotatable bonds is 2. The van der Waals surface area contributed by atoms with E-state index in [2.05, 4.69) is 81.1 Å². The van der Waals surface area contributed by atoms with Gasteiger partial charge in [-0.3, -0.25) is 0 Å². The molecule has 1 aromatic heterocycles. The molecule has 0 unspecified atom stereocenters. The summed E-state index contributed by atoms with van der Waals surface area (Å²) in [6.07, 6.45) is 0. The summed E-state index contributed by atoms with van der Waals surface area (Å²) in [7, 11) is -0.377. The van der Waals surface area contributed by atoms with E-state index >= 15 is 0 Å². The Kier molecular flexibility index (Phi) is 4.30. The van der Waals surface area contributed by atoms with Gasteiger partial charge in [0.15, 0.2) is 5.69 Å². The van der Waals surface area contributed by atoms with Crippen molar-refractivity contribution >= 4 is 49.8 Å². The molecule has 3 nitrogen and oxygen atoms in total. The van der Waals surface area contributed by atoms with E-state index in [0.717, 1.165) is 16.4 Å². The van der Waals surface area contributed by atoms with Crippen molar-refractivity contribution in [1.29, 1.82) is 0 Å². The molecule has 1 saturated heterocycles. The minimum atomic E-state index is -0.377. The number of benzene rings is 3. The third-order valence-electron chi connectivity index (χ3n) is 6.33. The molecule has 0 spiro atoms. The van der Waals surface area contributed by atoms with Crippen LogP contribution in [0.5, 0.6) is 0 Å². The molecule has 148 valence electrons. The molecule has 1 aliphatic rings. The van der Waals surface area contributed by atoms with Gasteiger partial charge in [0, 0.05) is 9.40 Å². The van der Waals surface area contributed by atoms with E-state index in [9.17, 15) is 0 Å². The molecule has 4 aromatic rings. The molecule has 0 atom stereocenters. The van der Waals surface area contributed by atoms with E-state index in [1.54, 1.807) is 11.3 Å². The van der Waals surface area contributed by atoms with Gasteiger partial charge in [0.25, 0.3) is 0 Å². The topological polar surface area (TPSA) is 22.8 Å². The van der Waals surface area contributed by atoms with Crippen LogP contribution in [0.2, 0.25) is 0 Å². The number of hydrogen-bond acceptors (Lipinski definition) is 3. The van der Waals surface area contributed by atoms with Crippen molar-refractivity contribution in [1.82, 2.24) is 0 Å². The van der Waals surface area contributed by atoms with Gasteiger partial charge in [0.1, 0.15) is 0 Å². The van der Waals surface area contributed by atoms with Gasteiger partial charge in [-0.2, -0.15) is 0 Å². The summed E-state index contributed by atoms with van der Waals surface area (Å²) in [5.41, 5.74) is 3.32. The summed E-state index contributed by atoms with van der Waals surface area (Å²) in [5.74, 6) is 0. The first-order chi connectivity index (χ1) is 14.3. The van der Waals surface area contributed by atoms with Crippen molar-refractivity contribution in [2.45, 2.75) is 38.9 Å². The predicted molar refractivity (Wildman–Crippen MR) is 127 cm³/mol. The maximum atomic E-state index is 7.32. The van der Waals surface area contributed by atoms with Gasteiger partial charge < -0.3 is 9.31 Å². The molecule has 0 bridgehead atoms. The lowest BCUT2D eigenvalue weighted by molar-refractivity contribution is 0.00578. The van der Waals surface area contributed by atoms with Crippen LogP contribution in [0.3, 0.4) is 0 Å². The van der Waals surface area contributed by atoms with Crippen LogP contribution in [0, 0.1) is 6.57 Å². The highest BCUT2D eigenvalue weighted by atomic mass is 32.1. The number of fused-ring (bicyclic) bond motifs is 3. The molecule has 1 aliphatic heterocycles. The van der Waals surface area contributed by atoms with Gasteiger partial charge >= 0.3 is 7.12 Å². The fourth-order valence-corrected chi connectivity index (χ4v) is 5.13. The van der Waals surface area contributed by atoms with Crippen LogP contribution in [0.4, 0.5) is 5.69 Å². The van der Waals surface area contributed by atoms with E-state index in [4.69, 9.17) is 15.9 Å². The zero-order valence-electron chi connectivity index (χ0n) is 17.5. The minimum absolute atomic E-state index is 0.361. The molecule has 0 radical (unpaired) electrons. The van der Waals surface area contributed by atoms with Crippen LogP contribution in [-0.4, -0.2) is 18.3 Å². The van der Waals surface area contributed by atoms with E-state index in [1.165, 1.54) is 20.3 Å². The fraction of sp³-hybridized carbons (Fsp3) is 0.240. The molecule has 1 fully saturated rings. The Labute approximate surface area is 181 Å². The Morgan fingerprint density at radius 3 is 2.33 bits per heavy atom. The SMILES string of the molecule is [C-]#[N+]c1ccc2sc3c(-c4cccc(B5OC(C)(C)C(C)(C)O5)c4)cccc3c2c1. The van der Waals surface area contributed by atoms with Gasteiger partial charge in [-0.1, -0.05) is 54.6 Å². The Morgan fingerprint density at radius 2 is 1.60 bits per heavy atom. The highest BCUT2D eigenvalue weighted by Gasteiger charge is 2.51. The monoisotopic (exact) mass is 411 g/mol. The van der Waals surface area contributed by atoms with Gasteiger partial charge in [-0.15, -0.1) is 11.3 Å². The molecular formula is C25H22BNO2S. The summed E-state index contributed by atoms with van der Waals surface area (Å²) < 4.78 is 14.9. The van der Waals surface area contributed by atoms with Crippen LogP contribution in [0.25, 0.3) is 36.1 Å². The van der Waals surface area contributed by atoms with Crippen LogP contribution in [-0.2, 0) is 9.31 Å². The van der Waals surface area contributed by atoms with Crippen molar-refractivity contribution in [2.24, 2.45) is 0 Å². The van der Waals surface area contributed by atoms with Gasteiger partial charge in [0.2, 0.25) is 0 Å². The molecule has 5 rings (SSSR count). The molecule has 3 aromatic carbocycles. The van der Waals surface area contributed by atoms with Crippen LogP contribution < -0.4 is 5.46 Å². The quantitative estimate of drug-likeness (QED) is 0.275. The van der Waals surface area contributed by atoms with Crippen molar-refractivity contribution in [3.8, 4) is 11.1 Å². The van der Waals surface area contributed by atoms with Gasteiger partial charge in [0.05, 0.1) is 17.8 Å². The maximum Gasteiger partial charge on any atom is 0.494 e. The Morgan fingerprint density at radius 1 is 0.867 bits per heavy atom. The summed E-state index contributed by atoms with van der Waals surface area (Å²) in [5, 5.41) is 2.34. The summed E-state index contributed by atoms with van der Waals surface area (Å²) in [6, 6.07) is 20.8. The van der Waals surface area contributed by atoms with Crippen molar-refractivity contribution in [3.63, 3.8) is 0 Å². The largest absolute Gasteiger partial charge is 0.494 e. The smallest absolute Gasteiger partial charge is 0.399 e. The molecule has 0 amide bonds. The minimum Gasteiger partial charge on any atom is -0.399 e. The number of thiophene rings is 1. The van der Waals surface area contributed by atoms with E-state index in [1.807, 2.05) is 12.1 Å². The van der Waals surface area contributed by atoms with Crippen LogP contribution in [0.1, 0.15) is 27.7 Å². The standard InChI is InChI=1S/C25H22BNO2S/c1-24(2)25(3,4)29-26(28-24)17-9-6-8-16(14-17)19-10-7-11-20-21-15-18(27-5)12-13-22(21)30-23(19)20/h6-15H,1-4H3. The van der Waals surface area contributed by atoms with Gasteiger partial charge in [-0.05, 0) is 61.1 Å². The molecule has 0 N–H and O–H groups in total. The lowest BCUT2D eigenvalue weighted by Crippen LogP contribution is -2.41. The number of hydrogen-bond donors (Lipinski definition) is 0. The summed E-state index contributed by atoms with van der Waals surface area (Å²) >= 11 is 1.77. The average Bonchev–Trinajstić information content (AvgIpc) is 3.20. The third-order valence-corrected chi connectivity index (χ3v) is 7.55. The lowest BCUT2D eigenvalue weighted by atomic mass is 9.78. The first-order valence-corrected chi connectivity index (χ1v) is 10.9. The van der Waals surface area contributed by atoms with Crippen molar-refractivity contribution in [3.05, 3.63) is 72.1 Å². The molecule has 30 heavy (non-hydrogen) atoms. The zero-order valence-corrected chi connectivity index (χ0v) is 18.3. The second kappa shape index (κ2) is 6.68. The Bertz CT molecular complexity index is 1320. The Balaban J connectivity index is 1.62. The zero-order chi connectivity index (χ0) is 21.1. The van der Waals surface area contributed by atoms with Crippen LogP contribution in [0.15, 0.2) is 60.7 Å². The second-order valence-electron chi connectivity index (χ2n) is 8.79. The maximum absolute atomic E-state index is 7.32. The predicted octanol–water partition coefficient (Wildman–Crippen LogP) is 6.57. The van der Waals surface area contributed by atoms with E-state index in [-0.39, 0.29) is 18.3 Å². The molecule has 0 saturated carbocycles. The summed E-state index contributed by atoms with van der Waals surface area (Å²) in [4.78, 5) is 3.59. The van der Waals surface area contributed by atoms with Crippen LogP contribution >= 0.6 is 11.3 Å². The molecule has 5 heteroatoms.